The zero-order chi connectivity index (χ0) is 23.6. The van der Waals surface area contributed by atoms with Crippen molar-refractivity contribution in [2.24, 2.45) is 16.7 Å². The lowest BCUT2D eigenvalue weighted by Gasteiger charge is -2.58. The van der Waals surface area contributed by atoms with Crippen molar-refractivity contribution in [3.05, 3.63) is 25.3 Å². The topological polar surface area (TPSA) is 107 Å². The Morgan fingerprint density at radius 1 is 1.00 bits per heavy atom. The molecular weight excluding hydrogens is 452 g/mol. The van der Waals surface area contributed by atoms with Crippen LogP contribution in [0.5, 0.6) is 0 Å². The van der Waals surface area contributed by atoms with Gasteiger partial charge in [-0.25, -0.2) is 0 Å². The Hall–Kier alpha value is -1.14. The molecule has 3 aliphatic carbocycles. The Labute approximate surface area is 194 Å². The SMILES string of the molecule is C=CCO[C@@H]1C2OC3O[C@H](C(OS(=O)(=O)C[C@]45CC[C@H](CC4=O)C5(C)C)[C@@H]1O3)[C@H]2OCC=C. The number of Topliss-reactive ketones (excluding diaryl/α,β-unsaturated/α-hetero) is 1. The second-order valence-electron chi connectivity index (χ2n) is 10.2. The number of hydrogen-bond acceptors (Lipinski definition) is 9. The van der Waals surface area contributed by atoms with E-state index in [1.807, 2.05) is 13.8 Å². The van der Waals surface area contributed by atoms with Crippen molar-refractivity contribution in [2.75, 3.05) is 19.0 Å². The molecule has 0 amide bonds. The van der Waals surface area contributed by atoms with Crippen LogP contribution in [0.25, 0.3) is 0 Å². The van der Waals surface area contributed by atoms with Crippen LogP contribution >= 0.6 is 0 Å². The van der Waals surface area contributed by atoms with E-state index in [-0.39, 0.29) is 30.7 Å². The molecule has 0 aromatic heterocycles. The van der Waals surface area contributed by atoms with Crippen molar-refractivity contribution in [3.63, 3.8) is 0 Å². The van der Waals surface area contributed by atoms with Gasteiger partial charge < -0.3 is 23.7 Å². The van der Waals surface area contributed by atoms with Crippen molar-refractivity contribution in [3.8, 4) is 0 Å². The maximum Gasteiger partial charge on any atom is 0.272 e. The normalized spacial score (nSPS) is 45.0. The van der Waals surface area contributed by atoms with E-state index < -0.39 is 64.0 Å². The predicted molar refractivity (Wildman–Crippen MR) is 116 cm³/mol. The summed E-state index contributed by atoms with van der Waals surface area (Å²) in [4.78, 5) is 12.9. The van der Waals surface area contributed by atoms with E-state index >= 15 is 0 Å². The van der Waals surface area contributed by atoms with Gasteiger partial charge in [-0.3, -0.25) is 8.98 Å². The molecule has 6 fully saturated rings. The fraction of sp³-hybridized carbons (Fsp3) is 0.783. The first-order valence-electron chi connectivity index (χ1n) is 11.5. The average Bonchev–Trinajstić information content (AvgIpc) is 3.09. The highest BCUT2D eigenvalue weighted by molar-refractivity contribution is 7.86. The summed E-state index contributed by atoms with van der Waals surface area (Å²) >= 11 is 0. The molecule has 0 aromatic carbocycles. The molecule has 3 saturated carbocycles. The van der Waals surface area contributed by atoms with Crippen LogP contribution in [0.2, 0.25) is 0 Å². The van der Waals surface area contributed by atoms with Crippen LogP contribution in [0.1, 0.15) is 33.1 Å². The van der Waals surface area contributed by atoms with Crippen molar-refractivity contribution in [1.82, 2.24) is 0 Å². The largest absolute Gasteiger partial charge is 0.369 e. The fourth-order valence-electron chi connectivity index (χ4n) is 6.53. The molecule has 3 saturated heterocycles. The lowest BCUT2D eigenvalue weighted by Crippen LogP contribution is -2.76. The van der Waals surface area contributed by atoms with Crippen LogP contribution < -0.4 is 0 Å². The average molecular weight is 485 g/mol. The first-order valence-corrected chi connectivity index (χ1v) is 13.1. The maximum atomic E-state index is 13.4. The highest BCUT2D eigenvalue weighted by atomic mass is 32.2. The zero-order valence-corrected chi connectivity index (χ0v) is 19.8. The van der Waals surface area contributed by atoms with E-state index in [1.54, 1.807) is 12.2 Å². The van der Waals surface area contributed by atoms with Gasteiger partial charge in [0.15, 0.2) is 0 Å². The summed E-state index contributed by atoms with van der Waals surface area (Å²) < 4.78 is 61.8. The van der Waals surface area contributed by atoms with Crippen molar-refractivity contribution >= 4 is 15.9 Å². The molecule has 0 spiro atoms. The summed E-state index contributed by atoms with van der Waals surface area (Å²) in [5.74, 6) is -0.127. The first-order chi connectivity index (χ1) is 15.6. The van der Waals surface area contributed by atoms with Gasteiger partial charge in [-0.15, -0.1) is 13.2 Å². The number of ketones is 1. The van der Waals surface area contributed by atoms with Gasteiger partial charge in [0.05, 0.1) is 24.4 Å². The lowest BCUT2D eigenvalue weighted by atomic mass is 9.70. The van der Waals surface area contributed by atoms with Gasteiger partial charge in [0, 0.05) is 6.42 Å². The number of ether oxygens (including phenoxy) is 5. The molecule has 9 nitrogen and oxygen atoms in total. The van der Waals surface area contributed by atoms with Gasteiger partial charge >= 0.3 is 0 Å². The Morgan fingerprint density at radius 3 is 2.00 bits per heavy atom. The molecule has 0 aromatic rings. The molecule has 9 atom stereocenters. The molecule has 3 unspecified atom stereocenters. The molecule has 6 rings (SSSR count). The van der Waals surface area contributed by atoms with Gasteiger partial charge in [-0.1, -0.05) is 26.0 Å². The van der Waals surface area contributed by atoms with Crippen molar-refractivity contribution < 1.29 is 41.1 Å². The predicted octanol–water partition coefficient (Wildman–Crippen LogP) is 1.72. The monoisotopic (exact) mass is 484 g/mol. The third-order valence-electron chi connectivity index (χ3n) is 8.38. The summed E-state index contributed by atoms with van der Waals surface area (Å²) in [5, 5.41) is 0. The summed E-state index contributed by atoms with van der Waals surface area (Å²) in [6.45, 7) is 10.8. The van der Waals surface area contributed by atoms with E-state index in [9.17, 15) is 13.2 Å². The van der Waals surface area contributed by atoms with E-state index in [1.165, 1.54) is 0 Å². The standard InChI is InChI=1S/C23H32O9S/c1-5-9-27-15-17-16(28-10-6-2)19-20(18(15)30-21(29-17)31-19)32-33(25,26)12-23-8-7-13(11-14(23)24)22(23,3)4/h5-6,13,15-21H,1-2,7-12H2,3-4H3/t13-,15-,16+,17?,18-,19+,20?,21?,23-/m1/s1. The van der Waals surface area contributed by atoms with E-state index in [4.69, 9.17) is 27.9 Å². The number of hydrogen-bond donors (Lipinski definition) is 0. The van der Waals surface area contributed by atoms with Gasteiger partial charge in [0.1, 0.15) is 42.4 Å². The summed E-state index contributed by atoms with van der Waals surface area (Å²) in [5.41, 5.74) is -1.32. The quantitative estimate of drug-likeness (QED) is 0.338. The van der Waals surface area contributed by atoms with E-state index in [2.05, 4.69) is 13.2 Å². The summed E-state index contributed by atoms with van der Waals surface area (Å²) in [6.07, 6.45) is 0.798. The number of rotatable bonds is 10. The van der Waals surface area contributed by atoms with Crippen LogP contribution in [0.4, 0.5) is 0 Å². The molecule has 3 heterocycles. The number of carbonyl (C=O) groups is 1. The molecule has 0 radical (unpaired) electrons. The highest BCUT2D eigenvalue weighted by Gasteiger charge is 2.67. The third kappa shape index (κ3) is 3.57. The van der Waals surface area contributed by atoms with Crippen molar-refractivity contribution in [1.29, 1.82) is 0 Å². The fourth-order valence-corrected chi connectivity index (χ4v) is 8.43. The van der Waals surface area contributed by atoms with Crippen LogP contribution in [0.3, 0.4) is 0 Å². The number of carbonyl (C=O) groups excluding carboxylic acids is 1. The minimum Gasteiger partial charge on any atom is -0.369 e. The van der Waals surface area contributed by atoms with Crippen LogP contribution in [-0.2, 0) is 42.8 Å². The third-order valence-corrected chi connectivity index (χ3v) is 9.74. The van der Waals surface area contributed by atoms with Gasteiger partial charge in [0.2, 0.25) is 0 Å². The van der Waals surface area contributed by atoms with Crippen LogP contribution in [0.15, 0.2) is 25.3 Å². The molecule has 184 valence electrons. The van der Waals surface area contributed by atoms with E-state index in [0.29, 0.717) is 12.8 Å². The summed E-state index contributed by atoms with van der Waals surface area (Å²) in [6, 6.07) is 0. The van der Waals surface area contributed by atoms with Crippen molar-refractivity contribution in [2.45, 2.75) is 76.2 Å². The van der Waals surface area contributed by atoms with Crippen LogP contribution in [0, 0.1) is 16.7 Å². The smallest absolute Gasteiger partial charge is 0.272 e. The van der Waals surface area contributed by atoms with Crippen LogP contribution in [-0.4, -0.2) is 76.3 Å². The second kappa shape index (κ2) is 8.22. The highest BCUT2D eigenvalue weighted by Crippen LogP contribution is 2.64. The second-order valence-corrected chi connectivity index (χ2v) is 11.8. The molecule has 0 N–H and O–H groups in total. The Morgan fingerprint density at radius 2 is 1.55 bits per heavy atom. The lowest BCUT2D eigenvalue weighted by molar-refractivity contribution is -0.482. The molecule has 10 heteroatoms. The maximum absolute atomic E-state index is 13.4. The minimum absolute atomic E-state index is 0.0151. The Bertz CT molecular complexity index is 900. The molecule has 33 heavy (non-hydrogen) atoms. The van der Waals surface area contributed by atoms with Gasteiger partial charge in [-0.2, -0.15) is 8.42 Å². The molecule has 6 bridgehead atoms. The Kier molecular flexibility index (Phi) is 5.88. The van der Waals surface area contributed by atoms with Gasteiger partial charge in [0.25, 0.3) is 16.6 Å². The van der Waals surface area contributed by atoms with Gasteiger partial charge in [-0.05, 0) is 24.2 Å². The minimum atomic E-state index is -4.12. The van der Waals surface area contributed by atoms with E-state index in [0.717, 1.165) is 6.42 Å². The number of fused-ring (bicyclic) bond motifs is 2. The Balaban J connectivity index is 1.41. The molecule has 6 aliphatic rings. The summed E-state index contributed by atoms with van der Waals surface area (Å²) in [7, 11) is -4.12. The molecule has 3 aliphatic heterocycles. The zero-order valence-electron chi connectivity index (χ0n) is 19.0. The molecular formula is C23H32O9S. The first kappa shape index (κ1) is 23.6.